The number of hydrogen-bond donors (Lipinski definition) is 3. The maximum absolute atomic E-state index is 12.2. The number of anilines is 1. The summed E-state index contributed by atoms with van der Waals surface area (Å²) in [6, 6.07) is 6.99. The highest BCUT2D eigenvalue weighted by Crippen LogP contribution is 2.40. The number of nitrogens with one attached hydrogen (secondary N) is 2. The van der Waals surface area contributed by atoms with Gasteiger partial charge >= 0.3 is 0 Å². The molecule has 1 aromatic heterocycles. The number of carbonyl (C=O) groups is 1. The summed E-state index contributed by atoms with van der Waals surface area (Å²) in [5.74, 6) is 0.568. The Morgan fingerprint density at radius 3 is 3.00 bits per heavy atom. The Bertz CT molecular complexity index is 664. The Balaban J connectivity index is 1.91. The van der Waals surface area contributed by atoms with Crippen LogP contribution in [0.3, 0.4) is 0 Å². The predicted molar refractivity (Wildman–Crippen MR) is 79.0 cm³/mol. The number of amides is 1. The molecule has 1 atom stereocenters. The molecule has 4 N–H and O–H groups in total. The van der Waals surface area contributed by atoms with Crippen molar-refractivity contribution in [2.24, 2.45) is 0 Å². The number of benzene rings is 1. The molecule has 0 aliphatic carbocycles. The molecule has 1 aliphatic rings. The summed E-state index contributed by atoms with van der Waals surface area (Å²) in [4.78, 5) is 12.2. The van der Waals surface area contributed by atoms with E-state index >= 15 is 0 Å². The molecule has 0 spiro atoms. The molecule has 21 heavy (non-hydrogen) atoms. The van der Waals surface area contributed by atoms with Crippen molar-refractivity contribution < 1.29 is 9.53 Å². The number of fused-ring (bicyclic) bond motifs is 1. The molecule has 6 heteroatoms. The third kappa shape index (κ3) is 2.69. The summed E-state index contributed by atoms with van der Waals surface area (Å²) in [7, 11) is 0. The number of rotatable bonds is 2. The topological polar surface area (TPSA) is 93.0 Å². The maximum atomic E-state index is 12.2. The van der Waals surface area contributed by atoms with Crippen LogP contribution in [0.5, 0.6) is 5.75 Å². The molecule has 0 saturated heterocycles. The van der Waals surface area contributed by atoms with Crippen LogP contribution in [0.4, 0.5) is 5.69 Å². The first-order chi connectivity index (χ1) is 9.94. The van der Waals surface area contributed by atoms with Gasteiger partial charge in [-0.15, -0.1) is 0 Å². The molecule has 2 heterocycles. The lowest BCUT2D eigenvalue weighted by atomic mass is 9.89. The zero-order valence-electron chi connectivity index (χ0n) is 12.0. The molecule has 2 aromatic rings. The van der Waals surface area contributed by atoms with E-state index < -0.39 is 0 Å². The Morgan fingerprint density at radius 1 is 1.48 bits per heavy atom. The molecule has 6 nitrogen and oxygen atoms in total. The lowest BCUT2D eigenvalue weighted by Crippen LogP contribution is -2.41. The predicted octanol–water partition coefficient (Wildman–Crippen LogP) is 2.02. The van der Waals surface area contributed by atoms with Crippen molar-refractivity contribution in [2.45, 2.75) is 31.9 Å². The number of aromatic amines is 1. The molecule has 110 valence electrons. The number of nitrogens with two attached hydrogens (primary N) is 1. The second-order valence-electron chi connectivity index (χ2n) is 5.86. The van der Waals surface area contributed by atoms with Gasteiger partial charge in [0.25, 0.3) is 5.91 Å². The van der Waals surface area contributed by atoms with Gasteiger partial charge < -0.3 is 15.8 Å². The SMILES string of the molecule is CC1(C)CC(NC(=O)c2ccn[nH]2)c2cc(N)ccc2O1. The van der Waals surface area contributed by atoms with E-state index in [4.69, 9.17) is 10.5 Å². The van der Waals surface area contributed by atoms with Crippen LogP contribution in [0.2, 0.25) is 0 Å². The van der Waals surface area contributed by atoms with E-state index in [1.54, 1.807) is 18.3 Å². The van der Waals surface area contributed by atoms with Crippen molar-refractivity contribution in [1.29, 1.82) is 0 Å². The van der Waals surface area contributed by atoms with E-state index in [9.17, 15) is 4.79 Å². The first kappa shape index (κ1) is 13.5. The van der Waals surface area contributed by atoms with Crippen molar-refractivity contribution >= 4 is 11.6 Å². The van der Waals surface area contributed by atoms with Gasteiger partial charge in [0.2, 0.25) is 0 Å². The van der Waals surface area contributed by atoms with Gasteiger partial charge in [0.05, 0.1) is 6.04 Å². The van der Waals surface area contributed by atoms with Gasteiger partial charge in [-0.05, 0) is 38.1 Å². The van der Waals surface area contributed by atoms with Crippen LogP contribution in [-0.2, 0) is 0 Å². The molecule has 3 rings (SSSR count). The summed E-state index contributed by atoms with van der Waals surface area (Å²) < 4.78 is 5.95. The van der Waals surface area contributed by atoms with Crippen LogP contribution in [0.15, 0.2) is 30.5 Å². The fourth-order valence-electron chi connectivity index (χ4n) is 2.62. The third-order valence-electron chi connectivity index (χ3n) is 3.54. The van der Waals surface area contributed by atoms with Gasteiger partial charge in [-0.25, -0.2) is 0 Å². The van der Waals surface area contributed by atoms with Crippen molar-refractivity contribution in [3.05, 3.63) is 41.7 Å². The molecule has 0 radical (unpaired) electrons. The highest BCUT2D eigenvalue weighted by molar-refractivity contribution is 5.92. The minimum absolute atomic E-state index is 0.150. The van der Waals surface area contributed by atoms with Gasteiger partial charge in [-0.2, -0.15) is 5.10 Å². The molecule has 0 bridgehead atoms. The van der Waals surface area contributed by atoms with Gasteiger partial charge in [0.15, 0.2) is 0 Å². The largest absolute Gasteiger partial charge is 0.487 e. The van der Waals surface area contributed by atoms with E-state index in [0.717, 1.165) is 11.3 Å². The third-order valence-corrected chi connectivity index (χ3v) is 3.54. The average Bonchev–Trinajstić information content (AvgIpc) is 2.93. The van der Waals surface area contributed by atoms with Crippen LogP contribution in [0.25, 0.3) is 0 Å². The summed E-state index contributed by atoms with van der Waals surface area (Å²) >= 11 is 0. The first-order valence-corrected chi connectivity index (χ1v) is 6.83. The molecule has 1 aliphatic heterocycles. The molecular formula is C15H18N4O2. The van der Waals surface area contributed by atoms with Crippen LogP contribution in [0.1, 0.15) is 42.4 Å². The minimum Gasteiger partial charge on any atom is -0.487 e. The monoisotopic (exact) mass is 286 g/mol. The van der Waals surface area contributed by atoms with Crippen LogP contribution >= 0.6 is 0 Å². The average molecular weight is 286 g/mol. The number of aromatic nitrogens is 2. The second kappa shape index (κ2) is 4.80. The fraction of sp³-hybridized carbons (Fsp3) is 0.333. The molecule has 1 amide bonds. The number of nitrogen functional groups attached to an aromatic ring is 1. The van der Waals surface area contributed by atoms with E-state index in [-0.39, 0.29) is 17.6 Å². The van der Waals surface area contributed by atoms with Gasteiger partial charge in [0.1, 0.15) is 17.0 Å². The zero-order valence-corrected chi connectivity index (χ0v) is 12.0. The van der Waals surface area contributed by atoms with Gasteiger partial charge in [-0.1, -0.05) is 0 Å². The Labute approximate surface area is 122 Å². The Morgan fingerprint density at radius 2 is 2.29 bits per heavy atom. The van der Waals surface area contributed by atoms with Crippen molar-refractivity contribution in [3.63, 3.8) is 0 Å². The quantitative estimate of drug-likeness (QED) is 0.736. The Kier molecular flexibility index (Phi) is 3.08. The minimum atomic E-state index is -0.352. The van der Waals surface area contributed by atoms with Crippen LogP contribution < -0.4 is 15.8 Å². The Hall–Kier alpha value is -2.50. The molecule has 0 fully saturated rings. The second-order valence-corrected chi connectivity index (χ2v) is 5.86. The summed E-state index contributed by atoms with van der Waals surface area (Å²) in [5.41, 5.74) is 7.49. The molecule has 0 saturated carbocycles. The first-order valence-electron chi connectivity index (χ1n) is 6.83. The van der Waals surface area contributed by atoms with Gasteiger partial charge in [0, 0.05) is 23.9 Å². The van der Waals surface area contributed by atoms with E-state index in [1.165, 1.54) is 0 Å². The number of nitrogens with zero attached hydrogens (tertiary/aromatic N) is 1. The van der Waals surface area contributed by atoms with Crippen LogP contribution in [-0.4, -0.2) is 21.7 Å². The lowest BCUT2D eigenvalue weighted by molar-refractivity contribution is 0.0618. The van der Waals surface area contributed by atoms with Crippen molar-refractivity contribution in [3.8, 4) is 5.75 Å². The summed E-state index contributed by atoms with van der Waals surface area (Å²) in [5, 5.41) is 9.47. The summed E-state index contributed by atoms with van der Waals surface area (Å²) in [6.45, 7) is 4.00. The zero-order chi connectivity index (χ0) is 15.0. The van der Waals surface area contributed by atoms with E-state index in [2.05, 4.69) is 15.5 Å². The van der Waals surface area contributed by atoms with Gasteiger partial charge in [-0.3, -0.25) is 9.89 Å². The van der Waals surface area contributed by atoms with E-state index in [0.29, 0.717) is 17.8 Å². The van der Waals surface area contributed by atoms with Crippen molar-refractivity contribution in [2.75, 3.05) is 5.73 Å². The number of ether oxygens (including phenoxy) is 1. The molecule has 1 unspecified atom stereocenters. The smallest absolute Gasteiger partial charge is 0.269 e. The number of carbonyl (C=O) groups excluding carboxylic acids is 1. The standard InChI is InChI=1S/C15H18N4O2/c1-15(2)8-12(18-14(20)11-5-6-17-19-11)10-7-9(16)3-4-13(10)21-15/h3-7,12H,8,16H2,1-2H3,(H,17,19)(H,18,20). The normalized spacial score (nSPS) is 19.4. The molecular weight excluding hydrogens is 268 g/mol. The van der Waals surface area contributed by atoms with E-state index in [1.807, 2.05) is 26.0 Å². The fourth-order valence-corrected chi connectivity index (χ4v) is 2.62. The highest BCUT2D eigenvalue weighted by Gasteiger charge is 2.34. The molecule has 1 aromatic carbocycles. The lowest BCUT2D eigenvalue weighted by Gasteiger charge is -2.38. The number of H-pyrrole nitrogens is 1. The number of hydrogen-bond acceptors (Lipinski definition) is 4. The summed E-state index contributed by atoms with van der Waals surface area (Å²) in [6.07, 6.45) is 2.22. The maximum Gasteiger partial charge on any atom is 0.269 e. The van der Waals surface area contributed by atoms with Crippen molar-refractivity contribution in [1.82, 2.24) is 15.5 Å². The van der Waals surface area contributed by atoms with Crippen LogP contribution in [0, 0.1) is 0 Å². The highest BCUT2D eigenvalue weighted by atomic mass is 16.5.